The Morgan fingerprint density at radius 2 is 2.17 bits per heavy atom. The summed E-state index contributed by atoms with van der Waals surface area (Å²) >= 11 is 0. The van der Waals surface area contributed by atoms with E-state index >= 15 is 0 Å². The number of hydrogen-bond donors (Lipinski definition) is 3. The Bertz CT molecular complexity index is 301. The van der Waals surface area contributed by atoms with E-state index in [1.54, 1.807) is 0 Å². The van der Waals surface area contributed by atoms with E-state index in [0.29, 0.717) is 13.0 Å². The van der Waals surface area contributed by atoms with Gasteiger partial charge in [0.2, 0.25) is 5.91 Å². The lowest BCUT2D eigenvalue weighted by Gasteiger charge is -2.38. The van der Waals surface area contributed by atoms with Crippen LogP contribution in [-0.2, 0) is 4.79 Å². The minimum atomic E-state index is -0.375. The minimum Gasteiger partial charge on any atom is -0.392 e. The Balaban J connectivity index is 1.75. The summed E-state index contributed by atoms with van der Waals surface area (Å²) in [5.41, 5.74) is 0.222. The molecule has 0 aliphatic carbocycles. The number of aliphatic hydroxyl groups is 1. The van der Waals surface area contributed by atoms with Gasteiger partial charge >= 0.3 is 0 Å². The summed E-state index contributed by atoms with van der Waals surface area (Å²) in [7, 11) is 2.14. The van der Waals surface area contributed by atoms with E-state index in [-0.39, 0.29) is 23.5 Å². The van der Waals surface area contributed by atoms with Crippen LogP contribution in [0.2, 0.25) is 0 Å². The second-order valence-electron chi connectivity index (χ2n) is 6.18. The first kappa shape index (κ1) is 13.8. The first-order valence-corrected chi connectivity index (χ1v) is 6.86. The molecule has 2 aliphatic heterocycles. The standard InChI is InChI=1S/C13H25N3O2/c1-13(3-5-16(2)6-4-13)9-15-12(18)11-7-10(17)8-14-11/h10-11,14,17H,3-9H2,1-2H3,(H,15,18). The summed E-state index contributed by atoms with van der Waals surface area (Å²) < 4.78 is 0. The van der Waals surface area contributed by atoms with Crippen molar-refractivity contribution in [1.29, 1.82) is 0 Å². The van der Waals surface area contributed by atoms with Gasteiger partial charge in [0.05, 0.1) is 12.1 Å². The number of likely N-dealkylation sites (tertiary alicyclic amines) is 1. The average molecular weight is 255 g/mol. The summed E-state index contributed by atoms with van der Waals surface area (Å²) in [5.74, 6) is 0.0340. The number of nitrogens with one attached hydrogen (secondary N) is 2. The highest BCUT2D eigenvalue weighted by Crippen LogP contribution is 2.29. The lowest BCUT2D eigenvalue weighted by Crippen LogP contribution is -2.47. The lowest BCUT2D eigenvalue weighted by molar-refractivity contribution is -0.123. The molecule has 3 N–H and O–H groups in total. The van der Waals surface area contributed by atoms with Crippen LogP contribution in [0.5, 0.6) is 0 Å². The fraction of sp³-hybridized carbons (Fsp3) is 0.923. The molecule has 0 aromatic rings. The van der Waals surface area contributed by atoms with Crippen LogP contribution in [-0.4, -0.2) is 61.3 Å². The molecule has 2 heterocycles. The zero-order valence-electron chi connectivity index (χ0n) is 11.4. The summed E-state index contributed by atoms with van der Waals surface area (Å²) in [6.45, 7) is 5.73. The molecule has 2 fully saturated rings. The maximum Gasteiger partial charge on any atom is 0.237 e. The zero-order chi connectivity index (χ0) is 13.2. The SMILES string of the molecule is CN1CCC(C)(CNC(=O)C2CC(O)CN2)CC1. The molecule has 2 saturated heterocycles. The van der Waals surface area contributed by atoms with Crippen LogP contribution in [0.1, 0.15) is 26.2 Å². The second kappa shape index (κ2) is 5.55. The van der Waals surface area contributed by atoms with E-state index in [2.05, 4.69) is 29.5 Å². The van der Waals surface area contributed by atoms with Gasteiger partial charge in [-0.05, 0) is 44.8 Å². The van der Waals surface area contributed by atoms with Crippen molar-refractivity contribution in [3.05, 3.63) is 0 Å². The van der Waals surface area contributed by atoms with E-state index in [9.17, 15) is 9.90 Å². The Labute approximate surface area is 109 Å². The molecular weight excluding hydrogens is 230 g/mol. The van der Waals surface area contributed by atoms with Gasteiger partial charge in [-0.2, -0.15) is 0 Å². The predicted molar refractivity (Wildman–Crippen MR) is 70.3 cm³/mol. The first-order valence-electron chi connectivity index (χ1n) is 6.86. The van der Waals surface area contributed by atoms with E-state index < -0.39 is 0 Å². The van der Waals surface area contributed by atoms with Crippen LogP contribution in [0.25, 0.3) is 0 Å². The molecule has 2 aliphatic rings. The number of nitrogens with zero attached hydrogens (tertiary/aromatic N) is 1. The zero-order valence-corrected chi connectivity index (χ0v) is 11.4. The summed E-state index contributed by atoms with van der Waals surface area (Å²) in [5, 5.41) is 15.5. The largest absolute Gasteiger partial charge is 0.392 e. The van der Waals surface area contributed by atoms with Gasteiger partial charge < -0.3 is 20.6 Å². The van der Waals surface area contributed by atoms with E-state index in [0.717, 1.165) is 32.5 Å². The monoisotopic (exact) mass is 255 g/mol. The molecular formula is C13H25N3O2. The maximum atomic E-state index is 11.9. The molecule has 0 bridgehead atoms. The van der Waals surface area contributed by atoms with E-state index in [1.807, 2.05) is 0 Å². The number of aliphatic hydroxyl groups excluding tert-OH is 1. The number of hydrogen-bond acceptors (Lipinski definition) is 4. The van der Waals surface area contributed by atoms with Crippen LogP contribution < -0.4 is 10.6 Å². The Kier molecular flexibility index (Phi) is 4.25. The van der Waals surface area contributed by atoms with Gasteiger partial charge in [-0.15, -0.1) is 0 Å². The Morgan fingerprint density at radius 3 is 2.72 bits per heavy atom. The lowest BCUT2D eigenvalue weighted by atomic mass is 9.80. The molecule has 0 radical (unpaired) electrons. The highest BCUT2D eigenvalue weighted by Gasteiger charge is 2.32. The minimum absolute atomic E-state index is 0.0340. The van der Waals surface area contributed by atoms with Crippen molar-refractivity contribution in [3.8, 4) is 0 Å². The number of β-amino-alcohol motifs (C(OH)–C–C–N with tert-alkyl or cyclic N) is 1. The molecule has 2 rings (SSSR count). The molecule has 0 aromatic heterocycles. The van der Waals surface area contributed by atoms with Crippen molar-refractivity contribution < 1.29 is 9.90 Å². The highest BCUT2D eigenvalue weighted by atomic mass is 16.3. The summed E-state index contributed by atoms with van der Waals surface area (Å²) in [6, 6.07) is -0.213. The van der Waals surface area contributed by atoms with Gasteiger partial charge in [0, 0.05) is 13.1 Å². The van der Waals surface area contributed by atoms with Gasteiger partial charge in [-0.3, -0.25) is 4.79 Å². The fourth-order valence-electron chi connectivity index (χ4n) is 2.68. The Morgan fingerprint density at radius 1 is 1.50 bits per heavy atom. The van der Waals surface area contributed by atoms with Gasteiger partial charge in [0.25, 0.3) is 0 Å². The van der Waals surface area contributed by atoms with Crippen molar-refractivity contribution in [2.24, 2.45) is 5.41 Å². The van der Waals surface area contributed by atoms with Crippen molar-refractivity contribution in [2.75, 3.05) is 33.2 Å². The third-order valence-corrected chi connectivity index (χ3v) is 4.31. The van der Waals surface area contributed by atoms with E-state index in [4.69, 9.17) is 0 Å². The van der Waals surface area contributed by atoms with Crippen LogP contribution in [0.4, 0.5) is 0 Å². The first-order chi connectivity index (χ1) is 8.48. The van der Waals surface area contributed by atoms with Crippen LogP contribution in [0, 0.1) is 5.41 Å². The van der Waals surface area contributed by atoms with Crippen LogP contribution in [0.15, 0.2) is 0 Å². The average Bonchev–Trinajstić information content (AvgIpc) is 2.77. The molecule has 18 heavy (non-hydrogen) atoms. The maximum absolute atomic E-state index is 11.9. The molecule has 2 atom stereocenters. The quantitative estimate of drug-likeness (QED) is 0.639. The van der Waals surface area contributed by atoms with Crippen LogP contribution in [0.3, 0.4) is 0 Å². The molecule has 2 unspecified atom stereocenters. The number of carbonyl (C=O) groups excluding carboxylic acids is 1. The Hall–Kier alpha value is -0.650. The van der Waals surface area contributed by atoms with Crippen LogP contribution >= 0.6 is 0 Å². The highest BCUT2D eigenvalue weighted by molar-refractivity contribution is 5.82. The van der Waals surface area contributed by atoms with Gasteiger partial charge in [0.15, 0.2) is 0 Å². The number of amides is 1. The van der Waals surface area contributed by atoms with Gasteiger partial charge in [-0.1, -0.05) is 6.92 Å². The topological polar surface area (TPSA) is 64.6 Å². The fourth-order valence-corrected chi connectivity index (χ4v) is 2.68. The van der Waals surface area contributed by atoms with Gasteiger partial charge in [0.1, 0.15) is 0 Å². The van der Waals surface area contributed by atoms with Gasteiger partial charge in [-0.25, -0.2) is 0 Å². The summed E-state index contributed by atoms with van der Waals surface area (Å²) in [4.78, 5) is 14.3. The second-order valence-corrected chi connectivity index (χ2v) is 6.18. The number of piperidine rings is 1. The smallest absolute Gasteiger partial charge is 0.237 e. The van der Waals surface area contributed by atoms with Crippen molar-refractivity contribution in [3.63, 3.8) is 0 Å². The summed E-state index contributed by atoms with van der Waals surface area (Å²) in [6.07, 6.45) is 2.42. The number of rotatable bonds is 3. The third kappa shape index (κ3) is 3.43. The molecule has 5 nitrogen and oxygen atoms in total. The number of carbonyl (C=O) groups is 1. The molecule has 5 heteroatoms. The third-order valence-electron chi connectivity index (χ3n) is 4.31. The van der Waals surface area contributed by atoms with Crippen molar-refractivity contribution in [1.82, 2.24) is 15.5 Å². The molecule has 104 valence electrons. The predicted octanol–water partition coefficient (Wildman–Crippen LogP) is -0.443. The van der Waals surface area contributed by atoms with Crippen molar-refractivity contribution >= 4 is 5.91 Å². The molecule has 1 amide bonds. The van der Waals surface area contributed by atoms with Crippen molar-refractivity contribution in [2.45, 2.75) is 38.3 Å². The molecule has 0 spiro atoms. The van der Waals surface area contributed by atoms with E-state index in [1.165, 1.54) is 0 Å². The normalized spacial score (nSPS) is 32.4. The molecule has 0 aromatic carbocycles. The molecule has 0 saturated carbocycles.